The van der Waals surface area contributed by atoms with Gasteiger partial charge in [0.25, 0.3) is 5.91 Å². The summed E-state index contributed by atoms with van der Waals surface area (Å²) < 4.78 is 5.73. The zero-order valence-electron chi connectivity index (χ0n) is 11.5. The summed E-state index contributed by atoms with van der Waals surface area (Å²) in [7, 11) is 0. The molecule has 1 unspecified atom stereocenters. The van der Waals surface area contributed by atoms with Gasteiger partial charge in [-0.25, -0.2) is 4.98 Å². The van der Waals surface area contributed by atoms with Crippen LogP contribution < -0.4 is 15.8 Å². The second-order valence-electron chi connectivity index (χ2n) is 5.08. The van der Waals surface area contributed by atoms with Crippen molar-refractivity contribution in [1.82, 2.24) is 10.3 Å². The molecule has 104 valence electrons. The highest BCUT2D eigenvalue weighted by atomic mass is 16.5. The maximum absolute atomic E-state index is 11.5. The zero-order valence-corrected chi connectivity index (χ0v) is 11.5. The maximum Gasteiger partial charge on any atom is 0.254 e. The van der Waals surface area contributed by atoms with Crippen molar-refractivity contribution in [3.63, 3.8) is 0 Å². The van der Waals surface area contributed by atoms with Gasteiger partial charge in [0.05, 0.1) is 0 Å². The minimum Gasteiger partial charge on any atom is -0.475 e. The van der Waals surface area contributed by atoms with Crippen molar-refractivity contribution in [1.29, 1.82) is 0 Å². The smallest absolute Gasteiger partial charge is 0.254 e. The van der Waals surface area contributed by atoms with Gasteiger partial charge in [-0.2, -0.15) is 0 Å². The van der Waals surface area contributed by atoms with Crippen molar-refractivity contribution in [2.24, 2.45) is 5.73 Å². The first-order valence-electron chi connectivity index (χ1n) is 6.72. The molecular weight excluding hydrogens is 242 g/mol. The van der Waals surface area contributed by atoms with Crippen LogP contribution in [0, 0.1) is 13.8 Å². The molecule has 3 N–H and O–H groups in total. The van der Waals surface area contributed by atoms with E-state index < -0.39 is 5.91 Å². The normalized spacial score (nSPS) is 19.2. The van der Waals surface area contributed by atoms with Gasteiger partial charge in [-0.15, -0.1) is 0 Å². The monoisotopic (exact) mass is 263 g/mol. The summed E-state index contributed by atoms with van der Waals surface area (Å²) >= 11 is 0. The third kappa shape index (κ3) is 3.44. The largest absolute Gasteiger partial charge is 0.475 e. The SMILES string of the molecule is Cc1cc(C)c(C(N)=O)c(OCC2CCCCN2)n1. The van der Waals surface area contributed by atoms with E-state index in [0.717, 1.165) is 24.2 Å². The summed E-state index contributed by atoms with van der Waals surface area (Å²) in [6, 6.07) is 2.17. The quantitative estimate of drug-likeness (QED) is 0.859. The summed E-state index contributed by atoms with van der Waals surface area (Å²) in [6.07, 6.45) is 3.52. The first-order valence-corrected chi connectivity index (χ1v) is 6.72. The van der Waals surface area contributed by atoms with Crippen LogP contribution in [0.4, 0.5) is 0 Å². The molecule has 19 heavy (non-hydrogen) atoms. The van der Waals surface area contributed by atoms with Gasteiger partial charge in [0.1, 0.15) is 12.2 Å². The molecule has 2 rings (SSSR count). The van der Waals surface area contributed by atoms with E-state index in [9.17, 15) is 4.79 Å². The molecule has 5 heteroatoms. The fourth-order valence-corrected chi connectivity index (χ4v) is 2.45. The van der Waals surface area contributed by atoms with Crippen LogP contribution in [0.5, 0.6) is 5.88 Å². The van der Waals surface area contributed by atoms with Gasteiger partial charge in [-0.1, -0.05) is 6.42 Å². The summed E-state index contributed by atoms with van der Waals surface area (Å²) in [6.45, 7) is 5.27. The van der Waals surface area contributed by atoms with Gasteiger partial charge >= 0.3 is 0 Å². The molecule has 1 amide bonds. The van der Waals surface area contributed by atoms with E-state index in [1.165, 1.54) is 12.8 Å². The minimum absolute atomic E-state index is 0.331. The van der Waals surface area contributed by atoms with Crippen molar-refractivity contribution in [3.05, 3.63) is 22.9 Å². The van der Waals surface area contributed by atoms with E-state index in [4.69, 9.17) is 10.5 Å². The van der Waals surface area contributed by atoms with Gasteiger partial charge in [0, 0.05) is 11.7 Å². The number of hydrogen-bond donors (Lipinski definition) is 2. The van der Waals surface area contributed by atoms with Gasteiger partial charge in [0.15, 0.2) is 0 Å². The van der Waals surface area contributed by atoms with Gasteiger partial charge in [-0.3, -0.25) is 4.79 Å². The van der Waals surface area contributed by atoms with Crippen LogP contribution >= 0.6 is 0 Å². The number of primary amides is 1. The second kappa shape index (κ2) is 6.02. The molecule has 1 saturated heterocycles. The molecule has 1 aromatic heterocycles. The Bertz CT molecular complexity index is 468. The molecule has 1 aliphatic rings. The second-order valence-corrected chi connectivity index (χ2v) is 5.08. The lowest BCUT2D eigenvalue weighted by molar-refractivity contribution is 0.0993. The highest BCUT2D eigenvalue weighted by Gasteiger charge is 2.18. The van der Waals surface area contributed by atoms with Crippen LogP contribution in [0.1, 0.15) is 40.9 Å². The van der Waals surface area contributed by atoms with Gasteiger partial charge < -0.3 is 15.8 Å². The summed E-state index contributed by atoms with van der Waals surface area (Å²) in [5.41, 5.74) is 7.43. The Morgan fingerprint density at radius 3 is 2.95 bits per heavy atom. The molecule has 1 fully saturated rings. The molecule has 0 spiro atoms. The first-order chi connectivity index (χ1) is 9.08. The third-order valence-electron chi connectivity index (χ3n) is 3.39. The van der Waals surface area contributed by atoms with E-state index >= 15 is 0 Å². The maximum atomic E-state index is 11.5. The lowest BCUT2D eigenvalue weighted by Gasteiger charge is -2.23. The molecule has 2 heterocycles. The fourth-order valence-electron chi connectivity index (χ4n) is 2.45. The number of amides is 1. The number of nitrogens with two attached hydrogens (primary N) is 1. The Labute approximate surface area is 113 Å². The van der Waals surface area contributed by atoms with Crippen molar-refractivity contribution < 1.29 is 9.53 Å². The van der Waals surface area contributed by atoms with Crippen molar-refractivity contribution in [2.45, 2.75) is 39.2 Å². The molecule has 1 aromatic rings. The van der Waals surface area contributed by atoms with E-state index in [-0.39, 0.29) is 0 Å². The molecule has 1 atom stereocenters. The topological polar surface area (TPSA) is 77.2 Å². The number of ether oxygens (including phenoxy) is 1. The van der Waals surface area contributed by atoms with Crippen LogP contribution in [0.25, 0.3) is 0 Å². The lowest BCUT2D eigenvalue weighted by atomic mass is 10.1. The Balaban J connectivity index is 2.12. The highest BCUT2D eigenvalue weighted by Crippen LogP contribution is 2.21. The van der Waals surface area contributed by atoms with Crippen LogP contribution in [-0.4, -0.2) is 30.1 Å². The third-order valence-corrected chi connectivity index (χ3v) is 3.39. The Hall–Kier alpha value is -1.62. The van der Waals surface area contributed by atoms with Crippen LogP contribution in [0.3, 0.4) is 0 Å². The number of rotatable bonds is 4. The van der Waals surface area contributed by atoms with Crippen molar-refractivity contribution in [2.75, 3.05) is 13.2 Å². The highest BCUT2D eigenvalue weighted by molar-refractivity contribution is 5.96. The predicted molar refractivity (Wildman–Crippen MR) is 73.4 cm³/mol. The molecule has 5 nitrogen and oxygen atoms in total. The average Bonchev–Trinajstić information content (AvgIpc) is 2.36. The standard InChI is InChI=1S/C14H21N3O2/c1-9-7-10(2)17-14(12(9)13(15)18)19-8-11-5-3-4-6-16-11/h7,11,16H,3-6,8H2,1-2H3,(H2,15,18). The van der Waals surface area contributed by atoms with Crippen LogP contribution in [0.2, 0.25) is 0 Å². The molecule has 0 bridgehead atoms. The van der Waals surface area contributed by atoms with Crippen LogP contribution in [0.15, 0.2) is 6.07 Å². The molecule has 0 saturated carbocycles. The average molecular weight is 263 g/mol. The number of hydrogen-bond acceptors (Lipinski definition) is 4. The number of carbonyl (C=O) groups excluding carboxylic acids is 1. The number of nitrogens with zero attached hydrogens (tertiary/aromatic N) is 1. The minimum atomic E-state index is -0.489. The molecule has 1 aliphatic heterocycles. The van der Waals surface area contributed by atoms with E-state index in [1.807, 2.05) is 19.9 Å². The molecule has 0 aromatic carbocycles. The summed E-state index contributed by atoms with van der Waals surface area (Å²) in [4.78, 5) is 15.8. The number of piperidine rings is 1. The summed E-state index contributed by atoms with van der Waals surface area (Å²) in [5, 5.41) is 3.40. The fraction of sp³-hybridized carbons (Fsp3) is 0.571. The van der Waals surface area contributed by atoms with Crippen LogP contribution in [-0.2, 0) is 0 Å². The van der Waals surface area contributed by atoms with Crippen molar-refractivity contribution >= 4 is 5.91 Å². The zero-order chi connectivity index (χ0) is 13.8. The first kappa shape index (κ1) is 13.8. The number of carbonyl (C=O) groups is 1. The van der Waals surface area contributed by atoms with Crippen molar-refractivity contribution in [3.8, 4) is 5.88 Å². The molecular formula is C14H21N3O2. The lowest BCUT2D eigenvalue weighted by Crippen LogP contribution is -2.38. The Kier molecular flexibility index (Phi) is 4.37. The van der Waals surface area contributed by atoms with E-state index in [2.05, 4.69) is 10.3 Å². The molecule has 0 radical (unpaired) electrons. The predicted octanol–water partition coefficient (Wildman–Crippen LogP) is 1.32. The Morgan fingerprint density at radius 1 is 1.53 bits per heavy atom. The van der Waals surface area contributed by atoms with E-state index in [0.29, 0.717) is 24.1 Å². The number of aromatic nitrogens is 1. The van der Waals surface area contributed by atoms with Gasteiger partial charge in [-0.05, 0) is 44.9 Å². The number of nitrogens with one attached hydrogen (secondary N) is 1. The number of aryl methyl sites for hydroxylation is 2. The number of pyridine rings is 1. The Morgan fingerprint density at radius 2 is 2.32 bits per heavy atom. The van der Waals surface area contributed by atoms with E-state index in [1.54, 1.807) is 0 Å². The van der Waals surface area contributed by atoms with Gasteiger partial charge in [0.2, 0.25) is 5.88 Å². The molecule has 0 aliphatic carbocycles. The summed E-state index contributed by atoms with van der Waals surface area (Å²) in [5.74, 6) is -0.131.